The number of ether oxygens (including phenoxy) is 1. The fourth-order valence-electron chi connectivity index (χ4n) is 2.83. The summed E-state index contributed by atoms with van der Waals surface area (Å²) in [6, 6.07) is 3.41. The van der Waals surface area contributed by atoms with Crippen molar-refractivity contribution in [1.82, 2.24) is 9.80 Å². The molecule has 5 nitrogen and oxygen atoms in total. The van der Waals surface area contributed by atoms with Crippen LogP contribution in [-0.4, -0.2) is 54.9 Å². The number of hydrogen-bond acceptors (Lipinski definition) is 3. The van der Waals surface area contributed by atoms with Crippen LogP contribution in [0, 0.1) is 12.8 Å². The zero-order valence-corrected chi connectivity index (χ0v) is 14.8. The minimum absolute atomic E-state index is 0.0204. The highest BCUT2D eigenvalue weighted by molar-refractivity contribution is 6.31. The van der Waals surface area contributed by atoms with Crippen molar-refractivity contribution in [2.75, 3.05) is 33.3 Å². The van der Waals surface area contributed by atoms with Crippen LogP contribution < -0.4 is 4.74 Å². The molecule has 0 radical (unpaired) electrons. The molecule has 0 atom stereocenters. The zero-order chi connectivity index (χ0) is 17.1. The summed E-state index contributed by atoms with van der Waals surface area (Å²) in [4.78, 5) is 28.4. The normalized spacial score (nSPS) is 15.0. The van der Waals surface area contributed by atoms with Gasteiger partial charge in [-0.3, -0.25) is 9.59 Å². The smallest absolute Gasteiger partial charge is 0.257 e. The summed E-state index contributed by atoms with van der Waals surface area (Å²) in [6.07, 6.45) is 0. The Bertz CT molecular complexity index is 608. The van der Waals surface area contributed by atoms with Gasteiger partial charge in [0.2, 0.25) is 5.91 Å². The molecule has 2 amide bonds. The van der Waals surface area contributed by atoms with Gasteiger partial charge in [-0.15, -0.1) is 0 Å². The molecule has 1 heterocycles. The van der Waals surface area contributed by atoms with Crippen molar-refractivity contribution < 1.29 is 14.3 Å². The molecule has 0 unspecified atom stereocenters. The third-order valence-electron chi connectivity index (χ3n) is 4.05. The zero-order valence-electron chi connectivity index (χ0n) is 14.1. The third-order valence-corrected chi connectivity index (χ3v) is 4.26. The first-order valence-corrected chi connectivity index (χ1v) is 8.15. The Morgan fingerprint density at radius 1 is 1.13 bits per heavy atom. The summed E-state index contributed by atoms with van der Waals surface area (Å²) in [5, 5.41) is 0.514. The fourth-order valence-corrected chi connectivity index (χ4v) is 3.10. The molecule has 2 rings (SSSR count). The van der Waals surface area contributed by atoms with Gasteiger partial charge >= 0.3 is 0 Å². The molecule has 1 aromatic carbocycles. The Labute approximate surface area is 142 Å². The molecule has 0 saturated carbocycles. The predicted molar refractivity (Wildman–Crippen MR) is 90.1 cm³/mol. The summed E-state index contributed by atoms with van der Waals surface area (Å²) in [6.45, 7) is 7.80. The number of piperazine rings is 1. The number of carbonyl (C=O) groups excluding carboxylic acids is 2. The monoisotopic (exact) mass is 338 g/mol. The van der Waals surface area contributed by atoms with Crippen molar-refractivity contribution in [2.45, 2.75) is 20.8 Å². The van der Waals surface area contributed by atoms with Gasteiger partial charge in [0.05, 0.1) is 12.7 Å². The number of aryl methyl sites for hydroxylation is 1. The number of nitrogens with zero attached hydrogens (tertiary/aromatic N) is 2. The number of hydrogen-bond donors (Lipinski definition) is 0. The minimum atomic E-state index is -0.107. The van der Waals surface area contributed by atoms with E-state index in [1.54, 1.807) is 24.1 Å². The average Bonchev–Trinajstić information content (AvgIpc) is 2.52. The highest BCUT2D eigenvalue weighted by Crippen LogP contribution is 2.29. The number of amides is 2. The molecule has 23 heavy (non-hydrogen) atoms. The topological polar surface area (TPSA) is 49.9 Å². The highest BCUT2D eigenvalue weighted by atomic mass is 35.5. The van der Waals surface area contributed by atoms with E-state index in [0.29, 0.717) is 42.5 Å². The number of methoxy groups -OCH3 is 1. The van der Waals surface area contributed by atoms with Gasteiger partial charge < -0.3 is 14.5 Å². The van der Waals surface area contributed by atoms with Crippen LogP contribution >= 0.6 is 11.6 Å². The summed E-state index contributed by atoms with van der Waals surface area (Å²) >= 11 is 6.08. The average molecular weight is 339 g/mol. The lowest BCUT2D eigenvalue weighted by Gasteiger charge is -2.35. The van der Waals surface area contributed by atoms with Crippen molar-refractivity contribution in [3.8, 4) is 5.75 Å². The molecule has 1 aliphatic rings. The van der Waals surface area contributed by atoms with E-state index in [9.17, 15) is 9.59 Å². The molecular weight excluding hydrogens is 316 g/mol. The van der Waals surface area contributed by atoms with Crippen LogP contribution in [-0.2, 0) is 4.79 Å². The summed E-state index contributed by atoms with van der Waals surface area (Å²) in [5.74, 6) is 0.561. The number of benzene rings is 1. The second-order valence-corrected chi connectivity index (χ2v) is 6.51. The first-order valence-electron chi connectivity index (χ1n) is 7.77. The SMILES string of the molecule is COc1c(C)cc(Cl)cc1C(=O)N1CCN(C(=O)C(C)C)CC1. The number of carbonyl (C=O) groups is 2. The minimum Gasteiger partial charge on any atom is -0.496 e. The van der Waals surface area contributed by atoms with Gasteiger partial charge in [-0.1, -0.05) is 25.4 Å². The second-order valence-electron chi connectivity index (χ2n) is 6.08. The van der Waals surface area contributed by atoms with Gasteiger partial charge in [0.15, 0.2) is 0 Å². The van der Waals surface area contributed by atoms with Gasteiger partial charge in [0.25, 0.3) is 5.91 Å². The maximum atomic E-state index is 12.8. The third kappa shape index (κ3) is 3.78. The first-order chi connectivity index (χ1) is 10.8. The number of rotatable bonds is 3. The van der Waals surface area contributed by atoms with E-state index in [2.05, 4.69) is 0 Å². The van der Waals surface area contributed by atoms with Crippen LogP contribution in [0.15, 0.2) is 12.1 Å². The Morgan fingerprint density at radius 2 is 1.70 bits per heavy atom. The maximum absolute atomic E-state index is 12.8. The van der Waals surface area contributed by atoms with Crippen LogP contribution in [0.1, 0.15) is 29.8 Å². The highest BCUT2D eigenvalue weighted by Gasteiger charge is 2.27. The van der Waals surface area contributed by atoms with Gasteiger partial charge in [-0.05, 0) is 24.6 Å². The van der Waals surface area contributed by atoms with E-state index >= 15 is 0 Å². The van der Waals surface area contributed by atoms with Crippen LogP contribution in [0.25, 0.3) is 0 Å². The summed E-state index contributed by atoms with van der Waals surface area (Å²) in [7, 11) is 1.55. The van der Waals surface area contributed by atoms with Crippen LogP contribution in [0.4, 0.5) is 0 Å². The molecule has 0 bridgehead atoms. The lowest BCUT2D eigenvalue weighted by atomic mass is 10.1. The Balaban J connectivity index is 2.13. The van der Waals surface area contributed by atoms with Gasteiger partial charge in [0.1, 0.15) is 5.75 Å². The van der Waals surface area contributed by atoms with E-state index in [1.165, 1.54) is 0 Å². The number of halogens is 1. The molecule has 0 spiro atoms. The van der Waals surface area contributed by atoms with Crippen LogP contribution in [0.2, 0.25) is 5.02 Å². The molecule has 6 heteroatoms. The summed E-state index contributed by atoms with van der Waals surface area (Å²) < 4.78 is 5.36. The molecule has 1 fully saturated rings. The molecule has 1 saturated heterocycles. The molecule has 0 aromatic heterocycles. The quantitative estimate of drug-likeness (QED) is 0.851. The first kappa shape index (κ1) is 17.6. The lowest BCUT2D eigenvalue weighted by molar-refractivity contribution is -0.135. The van der Waals surface area contributed by atoms with E-state index < -0.39 is 0 Å². The second kappa shape index (κ2) is 7.21. The standard InChI is InChI=1S/C17H23ClN2O3/c1-11(2)16(21)19-5-7-20(8-6-19)17(22)14-10-13(18)9-12(3)15(14)23-4/h9-11H,5-8H2,1-4H3. The van der Waals surface area contributed by atoms with E-state index in [-0.39, 0.29) is 17.7 Å². The molecular formula is C17H23ClN2O3. The molecule has 1 aromatic rings. The molecule has 0 N–H and O–H groups in total. The van der Waals surface area contributed by atoms with E-state index in [1.807, 2.05) is 25.7 Å². The molecule has 126 valence electrons. The Hall–Kier alpha value is -1.75. The maximum Gasteiger partial charge on any atom is 0.257 e. The van der Waals surface area contributed by atoms with Crippen LogP contribution in [0.5, 0.6) is 5.75 Å². The van der Waals surface area contributed by atoms with Gasteiger partial charge in [-0.2, -0.15) is 0 Å². The lowest BCUT2D eigenvalue weighted by Crippen LogP contribution is -2.51. The van der Waals surface area contributed by atoms with Crippen molar-refractivity contribution in [2.24, 2.45) is 5.92 Å². The predicted octanol–water partition coefficient (Wildman–Crippen LogP) is 2.60. The van der Waals surface area contributed by atoms with Crippen molar-refractivity contribution in [3.63, 3.8) is 0 Å². The van der Waals surface area contributed by atoms with Crippen molar-refractivity contribution in [1.29, 1.82) is 0 Å². The van der Waals surface area contributed by atoms with E-state index in [0.717, 1.165) is 5.56 Å². The van der Waals surface area contributed by atoms with E-state index in [4.69, 9.17) is 16.3 Å². The molecule has 1 aliphatic heterocycles. The largest absolute Gasteiger partial charge is 0.496 e. The fraction of sp³-hybridized carbons (Fsp3) is 0.529. The van der Waals surface area contributed by atoms with Crippen molar-refractivity contribution in [3.05, 3.63) is 28.3 Å². The van der Waals surface area contributed by atoms with Crippen LogP contribution in [0.3, 0.4) is 0 Å². The van der Waals surface area contributed by atoms with Gasteiger partial charge in [-0.25, -0.2) is 0 Å². The Kier molecular flexibility index (Phi) is 5.52. The Morgan fingerprint density at radius 3 is 2.22 bits per heavy atom. The molecule has 0 aliphatic carbocycles. The summed E-state index contributed by atoms with van der Waals surface area (Å²) in [5.41, 5.74) is 1.30. The van der Waals surface area contributed by atoms with Crippen molar-refractivity contribution >= 4 is 23.4 Å². The van der Waals surface area contributed by atoms with Gasteiger partial charge in [0, 0.05) is 37.1 Å².